The number of halogens is 2. The smallest absolute Gasteiger partial charge is 0.337 e. The summed E-state index contributed by atoms with van der Waals surface area (Å²) in [5.41, 5.74) is -0.430. The number of carboxylic acid groups (broad SMARTS) is 1. The molecule has 0 spiro atoms. The minimum atomic E-state index is -4.01. The van der Waals surface area contributed by atoms with Crippen molar-refractivity contribution in [1.29, 1.82) is 0 Å². The Morgan fingerprint density at radius 1 is 1.32 bits per heavy atom. The van der Waals surface area contributed by atoms with Crippen LogP contribution in [0.1, 0.15) is 23.2 Å². The molecule has 1 fully saturated rings. The Labute approximate surface area is 114 Å². The monoisotopic (exact) mass is 307 g/mol. The van der Waals surface area contributed by atoms with Crippen LogP contribution in [0.3, 0.4) is 0 Å². The van der Waals surface area contributed by atoms with Crippen molar-refractivity contribution in [1.82, 2.24) is 4.31 Å². The van der Waals surface area contributed by atoms with Crippen LogP contribution >= 0.6 is 11.6 Å². The molecule has 1 aliphatic heterocycles. The van der Waals surface area contributed by atoms with Gasteiger partial charge in [0.25, 0.3) is 0 Å². The number of sulfonamides is 1. The molecule has 1 aromatic carbocycles. The molecule has 0 atom stereocenters. The molecule has 0 radical (unpaired) electrons. The largest absolute Gasteiger partial charge is 0.478 e. The normalized spacial score (nSPS) is 16.7. The van der Waals surface area contributed by atoms with Gasteiger partial charge in [0.1, 0.15) is 10.7 Å². The molecular weight excluding hydrogens is 297 g/mol. The highest BCUT2D eigenvalue weighted by Gasteiger charge is 2.31. The highest BCUT2D eigenvalue weighted by molar-refractivity contribution is 7.89. The van der Waals surface area contributed by atoms with Crippen molar-refractivity contribution in [2.75, 3.05) is 13.1 Å². The van der Waals surface area contributed by atoms with Crippen LogP contribution in [0.5, 0.6) is 0 Å². The Bertz CT molecular complexity index is 626. The lowest BCUT2D eigenvalue weighted by Crippen LogP contribution is -2.28. The average molecular weight is 308 g/mol. The van der Waals surface area contributed by atoms with E-state index >= 15 is 0 Å². The van der Waals surface area contributed by atoms with Crippen LogP contribution in [0.2, 0.25) is 5.02 Å². The van der Waals surface area contributed by atoms with Crippen LogP contribution in [0.15, 0.2) is 17.0 Å². The fourth-order valence-electron chi connectivity index (χ4n) is 1.96. The lowest BCUT2D eigenvalue weighted by Gasteiger charge is -2.16. The summed E-state index contributed by atoms with van der Waals surface area (Å²) in [6.45, 7) is 0.625. The third kappa shape index (κ3) is 2.58. The molecule has 2 rings (SSSR count). The Morgan fingerprint density at radius 3 is 2.42 bits per heavy atom. The summed E-state index contributed by atoms with van der Waals surface area (Å²) in [6.07, 6.45) is 1.42. The molecule has 1 aromatic rings. The number of hydrogen-bond acceptors (Lipinski definition) is 3. The van der Waals surface area contributed by atoms with E-state index in [1.54, 1.807) is 0 Å². The fraction of sp³-hybridized carbons (Fsp3) is 0.364. The second kappa shape index (κ2) is 5.07. The first-order valence-electron chi connectivity index (χ1n) is 5.56. The van der Waals surface area contributed by atoms with Gasteiger partial charge in [-0.1, -0.05) is 11.6 Å². The number of carbonyl (C=O) groups is 1. The predicted molar refractivity (Wildman–Crippen MR) is 66.4 cm³/mol. The first kappa shape index (κ1) is 14.2. The van der Waals surface area contributed by atoms with Crippen LogP contribution in [-0.4, -0.2) is 36.9 Å². The van der Waals surface area contributed by atoms with Crippen LogP contribution in [-0.2, 0) is 10.0 Å². The maximum atomic E-state index is 13.8. The van der Waals surface area contributed by atoms with Crippen molar-refractivity contribution in [2.24, 2.45) is 0 Å². The Hall–Kier alpha value is -1.18. The minimum absolute atomic E-state index is 0.312. The van der Waals surface area contributed by atoms with Gasteiger partial charge in [-0.2, -0.15) is 4.31 Å². The molecule has 0 amide bonds. The standard InChI is InChI=1S/C11H11ClFNO4S/c12-8-6-9(13)10(5-7(8)11(15)16)19(17,18)14-3-1-2-4-14/h5-6H,1-4H2,(H,15,16). The zero-order valence-corrected chi connectivity index (χ0v) is 11.3. The average Bonchev–Trinajstić information content (AvgIpc) is 2.81. The van der Waals surface area contributed by atoms with Gasteiger partial charge in [0.15, 0.2) is 0 Å². The number of nitrogens with zero attached hydrogens (tertiary/aromatic N) is 1. The lowest BCUT2D eigenvalue weighted by molar-refractivity contribution is 0.0696. The molecule has 1 aliphatic rings. The first-order chi connectivity index (χ1) is 8.84. The van der Waals surface area contributed by atoms with E-state index in [1.807, 2.05) is 0 Å². The Balaban J connectivity index is 2.55. The zero-order chi connectivity index (χ0) is 14.2. The zero-order valence-electron chi connectivity index (χ0n) is 9.77. The minimum Gasteiger partial charge on any atom is -0.478 e. The summed E-state index contributed by atoms with van der Waals surface area (Å²) < 4.78 is 39.3. The van der Waals surface area contributed by atoms with Crippen molar-refractivity contribution in [2.45, 2.75) is 17.7 Å². The number of hydrogen-bond donors (Lipinski definition) is 1. The van der Waals surface area contributed by atoms with Gasteiger partial charge in [-0.15, -0.1) is 0 Å². The van der Waals surface area contributed by atoms with E-state index in [0.29, 0.717) is 32.0 Å². The quantitative estimate of drug-likeness (QED) is 0.926. The summed E-state index contributed by atoms with van der Waals surface area (Å²) in [6, 6.07) is 1.49. The molecule has 1 N–H and O–H groups in total. The van der Waals surface area contributed by atoms with Crippen molar-refractivity contribution >= 4 is 27.6 Å². The summed E-state index contributed by atoms with van der Waals surface area (Å²) in [4.78, 5) is 10.3. The summed E-state index contributed by atoms with van der Waals surface area (Å²) >= 11 is 5.58. The van der Waals surface area contributed by atoms with Gasteiger partial charge in [-0.3, -0.25) is 0 Å². The van der Waals surface area contributed by atoms with Crippen molar-refractivity contribution in [3.05, 3.63) is 28.5 Å². The molecule has 5 nitrogen and oxygen atoms in total. The molecule has 1 saturated heterocycles. The molecule has 0 aromatic heterocycles. The van der Waals surface area contributed by atoms with E-state index < -0.39 is 32.3 Å². The number of aromatic carboxylic acids is 1. The van der Waals surface area contributed by atoms with Crippen LogP contribution in [0.25, 0.3) is 0 Å². The molecule has 0 bridgehead atoms. The fourth-order valence-corrected chi connectivity index (χ4v) is 3.78. The van der Waals surface area contributed by atoms with Crippen molar-refractivity contribution < 1.29 is 22.7 Å². The number of carboxylic acids is 1. The van der Waals surface area contributed by atoms with E-state index in [0.717, 1.165) is 10.4 Å². The second-order valence-corrected chi connectivity index (χ2v) is 6.49. The van der Waals surface area contributed by atoms with Crippen LogP contribution in [0, 0.1) is 5.82 Å². The number of rotatable bonds is 3. The maximum Gasteiger partial charge on any atom is 0.337 e. The van der Waals surface area contributed by atoms with Gasteiger partial charge < -0.3 is 5.11 Å². The number of benzene rings is 1. The molecule has 8 heteroatoms. The van der Waals surface area contributed by atoms with Crippen molar-refractivity contribution in [3.8, 4) is 0 Å². The lowest BCUT2D eigenvalue weighted by atomic mass is 10.2. The molecule has 0 saturated carbocycles. The van der Waals surface area contributed by atoms with Gasteiger partial charge in [-0.05, 0) is 25.0 Å². The van der Waals surface area contributed by atoms with Gasteiger partial charge in [0.2, 0.25) is 10.0 Å². The molecule has 0 aliphatic carbocycles. The topological polar surface area (TPSA) is 74.7 Å². The SMILES string of the molecule is O=C(O)c1cc(S(=O)(=O)N2CCCC2)c(F)cc1Cl. The molecule has 104 valence electrons. The van der Waals surface area contributed by atoms with Crippen molar-refractivity contribution in [3.63, 3.8) is 0 Å². The molecule has 1 heterocycles. The van der Waals surface area contributed by atoms with E-state index in [1.165, 1.54) is 0 Å². The first-order valence-corrected chi connectivity index (χ1v) is 7.38. The predicted octanol–water partition coefficient (Wildman–Crippen LogP) is 1.96. The maximum absolute atomic E-state index is 13.8. The molecule has 0 unspecified atom stereocenters. The molecular formula is C11H11ClFNO4S. The Morgan fingerprint density at radius 2 is 1.89 bits per heavy atom. The van der Waals surface area contributed by atoms with Crippen LogP contribution in [0.4, 0.5) is 4.39 Å². The highest BCUT2D eigenvalue weighted by Crippen LogP contribution is 2.28. The highest BCUT2D eigenvalue weighted by atomic mass is 35.5. The second-order valence-electron chi connectivity index (χ2n) is 4.18. The van der Waals surface area contributed by atoms with E-state index in [4.69, 9.17) is 16.7 Å². The molecule has 19 heavy (non-hydrogen) atoms. The van der Waals surface area contributed by atoms with Gasteiger partial charge in [-0.25, -0.2) is 17.6 Å². The van der Waals surface area contributed by atoms with E-state index in [2.05, 4.69) is 0 Å². The Kier molecular flexibility index (Phi) is 3.80. The third-order valence-corrected chi connectivity index (χ3v) is 5.16. The van der Waals surface area contributed by atoms with E-state index in [9.17, 15) is 17.6 Å². The van der Waals surface area contributed by atoms with Gasteiger partial charge in [0.05, 0.1) is 10.6 Å². The van der Waals surface area contributed by atoms with Gasteiger partial charge >= 0.3 is 5.97 Å². The summed E-state index contributed by atoms with van der Waals surface area (Å²) in [7, 11) is -4.01. The third-order valence-electron chi connectivity index (χ3n) is 2.93. The van der Waals surface area contributed by atoms with E-state index in [-0.39, 0.29) is 5.02 Å². The van der Waals surface area contributed by atoms with Gasteiger partial charge in [0, 0.05) is 13.1 Å². The summed E-state index contributed by atoms with van der Waals surface area (Å²) in [5.74, 6) is -2.44. The van der Waals surface area contributed by atoms with Crippen LogP contribution < -0.4 is 0 Å². The summed E-state index contributed by atoms with van der Waals surface area (Å²) in [5, 5.41) is 8.57.